The van der Waals surface area contributed by atoms with E-state index >= 15 is 0 Å². The molecule has 0 spiro atoms. The molecule has 1 aromatic carbocycles. The van der Waals surface area contributed by atoms with Crippen LogP contribution in [0.4, 0.5) is 4.39 Å². The van der Waals surface area contributed by atoms with Gasteiger partial charge in [-0.2, -0.15) is 10.2 Å². The third kappa shape index (κ3) is 3.37. The van der Waals surface area contributed by atoms with Crippen molar-refractivity contribution < 1.29 is 9.18 Å². The van der Waals surface area contributed by atoms with Crippen LogP contribution in [0.15, 0.2) is 30.3 Å². The van der Waals surface area contributed by atoms with E-state index < -0.39 is 5.82 Å². The molecule has 0 N–H and O–H groups in total. The Morgan fingerprint density at radius 3 is 2.43 bits per heavy atom. The minimum absolute atomic E-state index is 0.110. The van der Waals surface area contributed by atoms with Gasteiger partial charge in [0.15, 0.2) is 0 Å². The SMILES string of the molecule is Cc1ccc(-c2ccc(C(=O)N3CCN(C)CC3)c(F)c2)nn1. The molecular formula is C17H19FN4O. The van der Waals surface area contributed by atoms with Gasteiger partial charge in [-0.3, -0.25) is 4.79 Å². The van der Waals surface area contributed by atoms with Crippen molar-refractivity contribution >= 4 is 5.91 Å². The van der Waals surface area contributed by atoms with Crippen molar-refractivity contribution in [3.05, 3.63) is 47.4 Å². The number of hydrogen-bond donors (Lipinski definition) is 0. The summed E-state index contributed by atoms with van der Waals surface area (Å²) in [6, 6.07) is 8.21. The number of aromatic nitrogens is 2. The molecule has 0 radical (unpaired) electrons. The molecule has 2 heterocycles. The molecule has 1 fully saturated rings. The molecule has 1 aromatic heterocycles. The van der Waals surface area contributed by atoms with Gasteiger partial charge in [0.05, 0.1) is 17.0 Å². The van der Waals surface area contributed by atoms with Crippen LogP contribution >= 0.6 is 0 Å². The normalized spacial score (nSPS) is 15.7. The number of aryl methyl sites for hydroxylation is 1. The van der Waals surface area contributed by atoms with E-state index in [0.29, 0.717) is 24.3 Å². The maximum atomic E-state index is 14.4. The summed E-state index contributed by atoms with van der Waals surface area (Å²) in [6.07, 6.45) is 0. The van der Waals surface area contributed by atoms with Crippen LogP contribution in [0, 0.1) is 12.7 Å². The van der Waals surface area contributed by atoms with E-state index in [9.17, 15) is 9.18 Å². The molecule has 1 amide bonds. The predicted molar refractivity (Wildman–Crippen MR) is 85.6 cm³/mol. The van der Waals surface area contributed by atoms with Crippen LogP contribution in [0.3, 0.4) is 0 Å². The standard InChI is InChI=1S/C17H19FN4O/c1-12-3-6-16(20-19-12)13-4-5-14(15(18)11-13)17(23)22-9-7-21(2)8-10-22/h3-6,11H,7-10H2,1-2H3. The fourth-order valence-electron chi connectivity index (χ4n) is 2.58. The fourth-order valence-corrected chi connectivity index (χ4v) is 2.58. The Kier molecular flexibility index (Phi) is 4.34. The van der Waals surface area contributed by atoms with Gasteiger partial charge in [0.2, 0.25) is 0 Å². The number of carbonyl (C=O) groups excluding carboxylic acids is 1. The lowest BCUT2D eigenvalue weighted by molar-refractivity contribution is 0.0659. The molecular weight excluding hydrogens is 295 g/mol. The summed E-state index contributed by atoms with van der Waals surface area (Å²) < 4.78 is 14.4. The highest BCUT2D eigenvalue weighted by Crippen LogP contribution is 2.21. The highest BCUT2D eigenvalue weighted by Gasteiger charge is 2.23. The predicted octanol–water partition coefficient (Wildman–Crippen LogP) is 1.98. The molecule has 0 atom stereocenters. The number of benzene rings is 1. The number of nitrogens with zero attached hydrogens (tertiary/aromatic N) is 4. The molecule has 0 saturated carbocycles. The van der Waals surface area contributed by atoms with E-state index in [2.05, 4.69) is 15.1 Å². The molecule has 0 bridgehead atoms. The van der Waals surface area contributed by atoms with Crippen molar-refractivity contribution in [3.63, 3.8) is 0 Å². The molecule has 23 heavy (non-hydrogen) atoms. The summed E-state index contributed by atoms with van der Waals surface area (Å²) in [4.78, 5) is 16.3. The van der Waals surface area contributed by atoms with Crippen molar-refractivity contribution in [2.24, 2.45) is 0 Å². The number of rotatable bonds is 2. The maximum Gasteiger partial charge on any atom is 0.256 e. The molecule has 5 nitrogen and oxygen atoms in total. The quantitative estimate of drug-likeness (QED) is 0.850. The maximum absolute atomic E-state index is 14.4. The van der Waals surface area contributed by atoms with Gasteiger partial charge in [0, 0.05) is 31.7 Å². The number of halogens is 1. The molecule has 3 rings (SSSR count). The smallest absolute Gasteiger partial charge is 0.256 e. The molecule has 6 heteroatoms. The van der Waals surface area contributed by atoms with Crippen LogP contribution in [0.25, 0.3) is 11.3 Å². The second-order valence-electron chi connectivity index (χ2n) is 5.85. The van der Waals surface area contributed by atoms with Gasteiger partial charge in [0.25, 0.3) is 5.91 Å². The highest BCUT2D eigenvalue weighted by molar-refractivity contribution is 5.95. The Morgan fingerprint density at radius 2 is 1.83 bits per heavy atom. The van der Waals surface area contributed by atoms with Gasteiger partial charge in [-0.15, -0.1) is 0 Å². The van der Waals surface area contributed by atoms with E-state index in [-0.39, 0.29) is 11.5 Å². The van der Waals surface area contributed by atoms with Crippen LogP contribution in [-0.4, -0.2) is 59.1 Å². The Balaban J connectivity index is 1.81. The first-order valence-electron chi connectivity index (χ1n) is 7.62. The highest BCUT2D eigenvalue weighted by atomic mass is 19.1. The van der Waals surface area contributed by atoms with Crippen molar-refractivity contribution in [3.8, 4) is 11.3 Å². The summed E-state index contributed by atoms with van der Waals surface area (Å²) in [5, 5.41) is 8.02. The fraction of sp³-hybridized carbons (Fsp3) is 0.353. The minimum atomic E-state index is -0.520. The molecule has 1 aliphatic rings. The summed E-state index contributed by atoms with van der Waals surface area (Å²) >= 11 is 0. The van der Waals surface area contributed by atoms with Crippen LogP contribution in [0.2, 0.25) is 0 Å². The average molecular weight is 314 g/mol. The van der Waals surface area contributed by atoms with E-state index in [0.717, 1.165) is 18.8 Å². The summed E-state index contributed by atoms with van der Waals surface area (Å²) in [6.45, 7) is 4.71. The van der Waals surface area contributed by atoms with Crippen LogP contribution in [0.1, 0.15) is 16.1 Å². The number of hydrogen-bond acceptors (Lipinski definition) is 4. The zero-order valence-corrected chi connectivity index (χ0v) is 13.3. The lowest BCUT2D eigenvalue weighted by atomic mass is 10.1. The molecule has 0 aliphatic carbocycles. The number of piperazine rings is 1. The van der Waals surface area contributed by atoms with Crippen LogP contribution in [0.5, 0.6) is 0 Å². The first-order chi connectivity index (χ1) is 11.0. The molecule has 1 aliphatic heterocycles. The first-order valence-corrected chi connectivity index (χ1v) is 7.62. The van der Waals surface area contributed by atoms with E-state index in [4.69, 9.17) is 0 Å². The Labute approximate surface area is 134 Å². The van der Waals surface area contributed by atoms with Gasteiger partial charge in [-0.25, -0.2) is 4.39 Å². The summed E-state index contributed by atoms with van der Waals surface area (Å²) in [5.41, 5.74) is 2.12. The zero-order valence-electron chi connectivity index (χ0n) is 13.3. The van der Waals surface area contributed by atoms with Gasteiger partial charge < -0.3 is 9.80 Å². The number of amides is 1. The molecule has 2 aromatic rings. The van der Waals surface area contributed by atoms with Crippen molar-refractivity contribution in [1.82, 2.24) is 20.0 Å². The number of likely N-dealkylation sites (N-methyl/N-ethyl adjacent to an activating group) is 1. The summed E-state index contributed by atoms with van der Waals surface area (Å²) in [5.74, 6) is -0.772. The average Bonchev–Trinajstić information content (AvgIpc) is 2.55. The van der Waals surface area contributed by atoms with Crippen molar-refractivity contribution in [2.45, 2.75) is 6.92 Å². The zero-order chi connectivity index (χ0) is 16.4. The Hall–Kier alpha value is -2.34. The van der Waals surface area contributed by atoms with E-state index in [1.54, 1.807) is 17.0 Å². The lowest BCUT2D eigenvalue weighted by Crippen LogP contribution is -2.47. The van der Waals surface area contributed by atoms with Crippen LogP contribution in [-0.2, 0) is 0 Å². The Bertz CT molecular complexity index is 709. The topological polar surface area (TPSA) is 49.3 Å². The largest absolute Gasteiger partial charge is 0.336 e. The molecule has 120 valence electrons. The summed E-state index contributed by atoms with van der Waals surface area (Å²) in [7, 11) is 2.01. The third-order valence-electron chi connectivity index (χ3n) is 4.08. The van der Waals surface area contributed by atoms with E-state index in [1.807, 2.05) is 20.0 Å². The Morgan fingerprint density at radius 1 is 1.09 bits per heavy atom. The van der Waals surface area contributed by atoms with Gasteiger partial charge >= 0.3 is 0 Å². The molecule has 0 unspecified atom stereocenters. The van der Waals surface area contributed by atoms with Gasteiger partial charge in [-0.1, -0.05) is 6.07 Å². The van der Waals surface area contributed by atoms with Crippen molar-refractivity contribution in [2.75, 3.05) is 33.2 Å². The lowest BCUT2D eigenvalue weighted by Gasteiger charge is -2.32. The van der Waals surface area contributed by atoms with E-state index in [1.165, 1.54) is 12.1 Å². The number of carbonyl (C=O) groups is 1. The van der Waals surface area contributed by atoms with Crippen molar-refractivity contribution in [1.29, 1.82) is 0 Å². The van der Waals surface area contributed by atoms with Crippen LogP contribution < -0.4 is 0 Å². The van der Waals surface area contributed by atoms with Gasteiger partial charge in [0.1, 0.15) is 5.82 Å². The molecule has 1 saturated heterocycles. The monoisotopic (exact) mass is 314 g/mol. The first kappa shape index (κ1) is 15.6. The second-order valence-corrected chi connectivity index (χ2v) is 5.85. The minimum Gasteiger partial charge on any atom is -0.336 e. The van der Waals surface area contributed by atoms with Gasteiger partial charge in [-0.05, 0) is 38.2 Å². The third-order valence-corrected chi connectivity index (χ3v) is 4.08. The second kappa shape index (κ2) is 6.42.